The van der Waals surface area contributed by atoms with Gasteiger partial charge in [0.25, 0.3) is 11.8 Å². The molecule has 1 aliphatic heterocycles. The van der Waals surface area contributed by atoms with Crippen LogP contribution in [0.1, 0.15) is 38.1 Å². The van der Waals surface area contributed by atoms with Gasteiger partial charge in [-0.15, -0.1) is 0 Å². The minimum absolute atomic E-state index is 0.0203. The Morgan fingerprint density at radius 2 is 1.77 bits per heavy atom. The normalized spacial score (nSPS) is 14.9. The van der Waals surface area contributed by atoms with Crippen LogP contribution in [-0.4, -0.2) is 39.4 Å². The van der Waals surface area contributed by atoms with Gasteiger partial charge in [0.05, 0.1) is 5.56 Å². The fourth-order valence-corrected chi connectivity index (χ4v) is 3.38. The molecule has 0 aliphatic carbocycles. The summed E-state index contributed by atoms with van der Waals surface area (Å²) in [5.41, 5.74) is 2.23. The van der Waals surface area contributed by atoms with Gasteiger partial charge in [-0.3, -0.25) is 9.59 Å². The fourth-order valence-electron chi connectivity index (χ4n) is 3.38. The van der Waals surface area contributed by atoms with E-state index in [1.807, 2.05) is 42.5 Å². The van der Waals surface area contributed by atoms with Crippen LogP contribution in [0.3, 0.4) is 0 Å². The Morgan fingerprint density at radius 3 is 2.48 bits per heavy atom. The molecule has 0 fully saturated rings. The summed E-state index contributed by atoms with van der Waals surface area (Å²) >= 11 is 0. The van der Waals surface area contributed by atoms with E-state index < -0.39 is 18.1 Å². The number of hydrogen-bond donors (Lipinski definition) is 2. The van der Waals surface area contributed by atoms with Crippen molar-refractivity contribution in [2.75, 3.05) is 11.9 Å². The van der Waals surface area contributed by atoms with Crippen LogP contribution in [-0.2, 0) is 16.1 Å². The number of ether oxygens (including phenoxy) is 1. The van der Waals surface area contributed by atoms with E-state index in [2.05, 4.69) is 10.3 Å². The summed E-state index contributed by atoms with van der Waals surface area (Å²) in [5.74, 6) is -1.51. The summed E-state index contributed by atoms with van der Waals surface area (Å²) in [6.45, 7) is 0.0405. The predicted octanol–water partition coefficient (Wildman–Crippen LogP) is 3.09. The van der Waals surface area contributed by atoms with Crippen molar-refractivity contribution in [2.45, 2.75) is 12.8 Å². The minimum atomic E-state index is -1.10. The molecule has 156 valence electrons. The number of pyridine rings is 1. The first-order valence-electron chi connectivity index (χ1n) is 9.57. The first kappa shape index (κ1) is 20.2. The van der Waals surface area contributed by atoms with Crippen molar-refractivity contribution in [3.8, 4) is 0 Å². The molecule has 31 heavy (non-hydrogen) atoms. The second-order valence-electron chi connectivity index (χ2n) is 6.95. The lowest BCUT2D eigenvalue weighted by Crippen LogP contribution is -2.31. The summed E-state index contributed by atoms with van der Waals surface area (Å²) in [7, 11) is 0. The van der Waals surface area contributed by atoms with Crippen LogP contribution >= 0.6 is 0 Å². The summed E-state index contributed by atoms with van der Waals surface area (Å²) < 4.78 is 5.85. The summed E-state index contributed by atoms with van der Waals surface area (Å²) in [4.78, 5) is 41.7. The van der Waals surface area contributed by atoms with Crippen molar-refractivity contribution >= 4 is 23.6 Å². The second-order valence-corrected chi connectivity index (χ2v) is 6.95. The van der Waals surface area contributed by atoms with Gasteiger partial charge in [-0.1, -0.05) is 48.5 Å². The van der Waals surface area contributed by atoms with Crippen LogP contribution in [0.2, 0.25) is 0 Å². The van der Waals surface area contributed by atoms with Crippen molar-refractivity contribution in [3.63, 3.8) is 0 Å². The van der Waals surface area contributed by atoms with E-state index in [-0.39, 0.29) is 23.9 Å². The molecule has 0 saturated heterocycles. The van der Waals surface area contributed by atoms with E-state index >= 15 is 0 Å². The number of carboxylic acids is 1. The summed E-state index contributed by atoms with van der Waals surface area (Å²) in [6, 6.07) is 19.5. The maximum Gasteiger partial charge on any atom is 0.337 e. The third-order valence-corrected chi connectivity index (χ3v) is 4.85. The lowest BCUT2D eigenvalue weighted by molar-refractivity contribution is -0.126. The number of nitrogens with one attached hydrogen (secondary N) is 1. The van der Waals surface area contributed by atoms with Gasteiger partial charge in [0.2, 0.25) is 0 Å². The molecule has 0 spiro atoms. The molecule has 0 radical (unpaired) electrons. The zero-order chi connectivity index (χ0) is 21.8. The van der Waals surface area contributed by atoms with Crippen LogP contribution in [0.4, 0.5) is 5.82 Å². The zero-order valence-electron chi connectivity index (χ0n) is 16.4. The molecule has 1 atom stereocenters. The van der Waals surface area contributed by atoms with E-state index in [0.717, 1.165) is 11.8 Å². The molecule has 2 N–H and O–H groups in total. The molecule has 3 aromatic rings. The lowest BCUT2D eigenvalue weighted by Gasteiger charge is -2.25. The van der Waals surface area contributed by atoms with Gasteiger partial charge in [0.15, 0.2) is 6.23 Å². The highest BCUT2D eigenvalue weighted by atomic mass is 16.5. The number of nitrogens with zero attached hydrogens (tertiary/aromatic N) is 2. The van der Waals surface area contributed by atoms with Gasteiger partial charge in [-0.05, 0) is 23.8 Å². The molecule has 1 unspecified atom stereocenters. The Labute approximate surface area is 178 Å². The number of fused-ring (bicyclic) bond motifs is 1. The molecular formula is C23H19N3O5. The molecule has 2 heterocycles. The highest BCUT2D eigenvalue weighted by Crippen LogP contribution is 2.35. The van der Waals surface area contributed by atoms with Crippen molar-refractivity contribution in [1.29, 1.82) is 0 Å². The Balaban J connectivity index is 1.46. The van der Waals surface area contributed by atoms with Crippen molar-refractivity contribution in [1.82, 2.24) is 9.88 Å². The third-order valence-electron chi connectivity index (χ3n) is 4.85. The van der Waals surface area contributed by atoms with Gasteiger partial charge in [-0.25, -0.2) is 9.78 Å². The van der Waals surface area contributed by atoms with E-state index in [9.17, 15) is 14.4 Å². The number of carbonyl (C=O) groups is 3. The Morgan fingerprint density at radius 1 is 1.03 bits per heavy atom. The number of amides is 2. The Bertz CT molecular complexity index is 1120. The Kier molecular flexibility index (Phi) is 5.72. The monoisotopic (exact) mass is 417 g/mol. The number of aromatic carboxylic acids is 1. The van der Waals surface area contributed by atoms with Crippen LogP contribution in [0.5, 0.6) is 0 Å². The van der Waals surface area contributed by atoms with Crippen LogP contribution in [0, 0.1) is 0 Å². The second kappa shape index (κ2) is 8.76. The largest absolute Gasteiger partial charge is 0.478 e. The Hall–Kier alpha value is -4.04. The average molecular weight is 417 g/mol. The van der Waals surface area contributed by atoms with Crippen LogP contribution < -0.4 is 5.32 Å². The highest BCUT2D eigenvalue weighted by Gasteiger charge is 2.37. The van der Waals surface area contributed by atoms with E-state index in [1.54, 1.807) is 17.0 Å². The van der Waals surface area contributed by atoms with Gasteiger partial charge < -0.3 is 20.1 Å². The number of hydrogen-bond acceptors (Lipinski definition) is 5. The maximum atomic E-state index is 12.9. The maximum absolute atomic E-state index is 12.9. The molecule has 1 aromatic heterocycles. The summed E-state index contributed by atoms with van der Waals surface area (Å²) in [6.07, 6.45) is 0.462. The first-order chi connectivity index (χ1) is 15.0. The minimum Gasteiger partial charge on any atom is -0.478 e. The molecule has 8 heteroatoms. The molecule has 2 aromatic carbocycles. The van der Waals surface area contributed by atoms with Crippen molar-refractivity contribution < 1.29 is 24.2 Å². The SMILES string of the molecule is O=C(COC1c2ccccc2C(=O)N1Cc1ccccc1)Nc1ccc(C(=O)O)cn1. The summed E-state index contributed by atoms with van der Waals surface area (Å²) in [5, 5.41) is 11.5. The number of carbonyl (C=O) groups excluding carboxylic acids is 2. The number of benzene rings is 2. The average Bonchev–Trinajstić information content (AvgIpc) is 3.04. The van der Waals surface area contributed by atoms with Gasteiger partial charge in [-0.2, -0.15) is 0 Å². The van der Waals surface area contributed by atoms with E-state index in [4.69, 9.17) is 9.84 Å². The highest BCUT2D eigenvalue weighted by molar-refractivity contribution is 5.99. The fraction of sp³-hybridized carbons (Fsp3) is 0.130. The molecule has 0 bridgehead atoms. The quantitative estimate of drug-likeness (QED) is 0.612. The number of anilines is 1. The number of carboxylic acid groups (broad SMARTS) is 1. The van der Waals surface area contributed by atoms with Crippen molar-refractivity contribution in [2.24, 2.45) is 0 Å². The number of aromatic nitrogens is 1. The van der Waals surface area contributed by atoms with Gasteiger partial charge in [0, 0.05) is 23.9 Å². The zero-order valence-corrected chi connectivity index (χ0v) is 16.4. The predicted molar refractivity (Wildman–Crippen MR) is 111 cm³/mol. The van der Waals surface area contributed by atoms with Crippen molar-refractivity contribution in [3.05, 3.63) is 95.2 Å². The molecule has 1 aliphatic rings. The topological polar surface area (TPSA) is 109 Å². The van der Waals surface area contributed by atoms with Crippen LogP contribution in [0.15, 0.2) is 72.9 Å². The van der Waals surface area contributed by atoms with E-state index in [0.29, 0.717) is 17.7 Å². The molecule has 8 nitrogen and oxygen atoms in total. The smallest absolute Gasteiger partial charge is 0.337 e. The lowest BCUT2D eigenvalue weighted by atomic mass is 10.1. The first-order valence-corrected chi connectivity index (χ1v) is 9.57. The third kappa shape index (κ3) is 4.44. The molecule has 4 rings (SSSR count). The van der Waals surface area contributed by atoms with Gasteiger partial charge >= 0.3 is 5.97 Å². The van der Waals surface area contributed by atoms with Gasteiger partial charge in [0.1, 0.15) is 12.4 Å². The number of rotatable bonds is 7. The van der Waals surface area contributed by atoms with Crippen LogP contribution in [0.25, 0.3) is 0 Å². The molecule has 0 saturated carbocycles. The van der Waals surface area contributed by atoms with E-state index in [1.165, 1.54) is 12.1 Å². The molecule has 2 amide bonds. The standard InChI is InChI=1S/C23H19N3O5/c27-20(25-19-11-10-16(12-24-19)23(29)30)14-31-22-18-9-5-4-8-17(18)21(28)26(22)13-15-6-2-1-3-7-15/h1-12,22H,13-14H2,(H,29,30)(H,24,25,27). The molecular weight excluding hydrogens is 398 g/mol.